The lowest BCUT2D eigenvalue weighted by Gasteiger charge is -2.19. The molecule has 1 aromatic rings. The van der Waals surface area contributed by atoms with Crippen molar-refractivity contribution in [1.82, 2.24) is 5.32 Å². The van der Waals surface area contributed by atoms with Crippen LogP contribution in [0.4, 0.5) is 14.9 Å². The van der Waals surface area contributed by atoms with Gasteiger partial charge in [0.25, 0.3) is 0 Å². The van der Waals surface area contributed by atoms with Crippen LogP contribution in [0.3, 0.4) is 0 Å². The van der Waals surface area contributed by atoms with Gasteiger partial charge in [0.15, 0.2) is 0 Å². The van der Waals surface area contributed by atoms with Gasteiger partial charge in [0.05, 0.1) is 10.6 Å². The van der Waals surface area contributed by atoms with Crippen molar-refractivity contribution >= 4 is 27.7 Å². The summed E-state index contributed by atoms with van der Waals surface area (Å²) in [5.74, 6) is -1.68. The minimum Gasteiger partial charge on any atom is -0.444 e. The molecule has 0 saturated carbocycles. The molecule has 0 heterocycles. The molecule has 0 fully saturated rings. The zero-order valence-corrected chi connectivity index (χ0v) is 13.7. The molecule has 128 valence electrons. The molecule has 0 saturated heterocycles. The van der Waals surface area contributed by atoms with Gasteiger partial charge >= 0.3 is 6.09 Å². The summed E-state index contributed by atoms with van der Waals surface area (Å²) >= 11 is 0. The van der Waals surface area contributed by atoms with E-state index >= 15 is 0 Å². The number of nitrogens with two attached hydrogens (primary N) is 1. The van der Waals surface area contributed by atoms with E-state index in [1.807, 2.05) is 0 Å². The average molecular weight is 347 g/mol. The average Bonchev–Trinajstić information content (AvgIpc) is 2.35. The van der Waals surface area contributed by atoms with Crippen molar-refractivity contribution in [2.24, 2.45) is 5.14 Å². The van der Waals surface area contributed by atoms with Crippen LogP contribution in [0.25, 0.3) is 0 Å². The molecule has 0 radical (unpaired) electrons. The van der Waals surface area contributed by atoms with Gasteiger partial charge in [-0.25, -0.2) is 22.7 Å². The number of primary sulfonamides is 1. The van der Waals surface area contributed by atoms with Gasteiger partial charge in [-0.2, -0.15) is 0 Å². The number of carbonyl (C=O) groups excluding carboxylic acids is 2. The predicted octanol–water partition coefficient (Wildman–Crippen LogP) is 0.936. The zero-order chi connectivity index (χ0) is 17.8. The standard InChI is InChI=1S/C13H18FN3O5S/c1-13(2,3)22-12(19)16-7-11(18)17-10-5-4-8(6-9(10)14)23(15,20)21/h4-6H,7H2,1-3H3,(H,16,19)(H,17,18)(H2,15,20,21). The number of carbonyl (C=O) groups is 2. The van der Waals surface area contributed by atoms with Crippen LogP contribution in [0.15, 0.2) is 23.1 Å². The van der Waals surface area contributed by atoms with Crippen molar-refractivity contribution < 1.29 is 27.1 Å². The fraction of sp³-hybridized carbons (Fsp3) is 0.385. The fourth-order valence-electron chi connectivity index (χ4n) is 1.44. The number of rotatable bonds is 4. The number of halogens is 1. The van der Waals surface area contributed by atoms with Crippen molar-refractivity contribution in [1.29, 1.82) is 0 Å². The number of anilines is 1. The summed E-state index contributed by atoms with van der Waals surface area (Å²) in [6.45, 7) is 4.55. The first-order valence-electron chi connectivity index (χ1n) is 6.47. The topological polar surface area (TPSA) is 128 Å². The summed E-state index contributed by atoms with van der Waals surface area (Å²) in [5.41, 5.74) is -0.954. The van der Waals surface area contributed by atoms with E-state index in [1.165, 1.54) is 0 Å². The normalized spacial score (nSPS) is 11.7. The first kappa shape index (κ1) is 18.8. The molecule has 0 atom stereocenters. The van der Waals surface area contributed by atoms with E-state index in [9.17, 15) is 22.4 Å². The maximum absolute atomic E-state index is 13.7. The lowest BCUT2D eigenvalue weighted by Crippen LogP contribution is -2.37. The van der Waals surface area contributed by atoms with Crippen LogP contribution in [0.2, 0.25) is 0 Å². The van der Waals surface area contributed by atoms with E-state index in [1.54, 1.807) is 20.8 Å². The largest absolute Gasteiger partial charge is 0.444 e. The molecule has 0 aliphatic carbocycles. The van der Waals surface area contributed by atoms with Crippen LogP contribution in [-0.2, 0) is 19.6 Å². The van der Waals surface area contributed by atoms with Crippen molar-refractivity contribution in [2.45, 2.75) is 31.3 Å². The first-order valence-corrected chi connectivity index (χ1v) is 8.02. The Kier molecular flexibility index (Phi) is 5.67. The van der Waals surface area contributed by atoms with Gasteiger partial charge in [0.2, 0.25) is 15.9 Å². The summed E-state index contributed by atoms with van der Waals surface area (Å²) in [5, 5.41) is 9.26. The van der Waals surface area contributed by atoms with E-state index in [4.69, 9.17) is 9.88 Å². The van der Waals surface area contributed by atoms with Gasteiger partial charge in [0.1, 0.15) is 18.0 Å². The fourth-order valence-corrected chi connectivity index (χ4v) is 1.96. The summed E-state index contributed by atoms with van der Waals surface area (Å²) in [6.07, 6.45) is -0.794. The Balaban J connectivity index is 2.63. The minimum absolute atomic E-state index is 0.242. The van der Waals surface area contributed by atoms with E-state index in [0.29, 0.717) is 6.07 Å². The van der Waals surface area contributed by atoms with Gasteiger partial charge in [-0.05, 0) is 39.0 Å². The molecule has 0 aliphatic rings. The molecule has 23 heavy (non-hydrogen) atoms. The van der Waals surface area contributed by atoms with Crippen LogP contribution in [-0.4, -0.2) is 32.6 Å². The molecule has 0 aliphatic heterocycles. The number of hydrogen-bond acceptors (Lipinski definition) is 5. The predicted molar refractivity (Wildman–Crippen MR) is 80.6 cm³/mol. The number of alkyl carbamates (subject to hydrolysis) is 1. The molecule has 0 bridgehead atoms. The Hall–Kier alpha value is -2.20. The highest BCUT2D eigenvalue weighted by atomic mass is 32.2. The van der Waals surface area contributed by atoms with Crippen LogP contribution < -0.4 is 15.8 Å². The summed E-state index contributed by atoms with van der Waals surface area (Å²) in [6, 6.07) is 2.79. The highest BCUT2D eigenvalue weighted by molar-refractivity contribution is 7.89. The molecule has 1 rings (SSSR count). The van der Waals surface area contributed by atoms with E-state index in [0.717, 1.165) is 12.1 Å². The van der Waals surface area contributed by atoms with Crippen LogP contribution in [0, 0.1) is 5.82 Å². The molecule has 0 spiro atoms. The highest BCUT2D eigenvalue weighted by Gasteiger charge is 2.17. The van der Waals surface area contributed by atoms with Crippen molar-refractivity contribution in [3.05, 3.63) is 24.0 Å². The van der Waals surface area contributed by atoms with E-state index in [2.05, 4.69) is 10.6 Å². The lowest BCUT2D eigenvalue weighted by atomic mass is 10.2. The number of sulfonamides is 1. The zero-order valence-electron chi connectivity index (χ0n) is 12.8. The van der Waals surface area contributed by atoms with Crippen molar-refractivity contribution in [3.63, 3.8) is 0 Å². The molecule has 1 aromatic carbocycles. The summed E-state index contributed by atoms with van der Waals surface area (Å²) < 4.78 is 40.8. The molecule has 10 heteroatoms. The number of amides is 2. The smallest absolute Gasteiger partial charge is 0.408 e. The van der Waals surface area contributed by atoms with Crippen LogP contribution in [0.1, 0.15) is 20.8 Å². The van der Waals surface area contributed by atoms with E-state index in [-0.39, 0.29) is 5.69 Å². The lowest BCUT2D eigenvalue weighted by molar-refractivity contribution is -0.115. The second-order valence-electron chi connectivity index (χ2n) is 5.59. The third kappa shape index (κ3) is 6.61. The Morgan fingerprint density at radius 2 is 1.91 bits per heavy atom. The summed E-state index contributed by atoms with van der Waals surface area (Å²) in [7, 11) is -4.04. The Labute approximate surface area is 133 Å². The van der Waals surface area contributed by atoms with Crippen molar-refractivity contribution in [2.75, 3.05) is 11.9 Å². The number of ether oxygens (including phenoxy) is 1. The Morgan fingerprint density at radius 3 is 2.39 bits per heavy atom. The molecule has 8 nitrogen and oxygen atoms in total. The molecule has 2 amide bonds. The summed E-state index contributed by atoms with van der Waals surface area (Å²) in [4.78, 5) is 22.6. The maximum Gasteiger partial charge on any atom is 0.408 e. The monoisotopic (exact) mass is 347 g/mol. The third-order valence-electron chi connectivity index (χ3n) is 2.34. The minimum atomic E-state index is -4.04. The van der Waals surface area contributed by atoms with Crippen LogP contribution in [0.5, 0.6) is 0 Å². The second kappa shape index (κ2) is 6.92. The molecule has 4 N–H and O–H groups in total. The van der Waals surface area contributed by atoms with Gasteiger partial charge < -0.3 is 15.4 Å². The molecule has 0 aromatic heterocycles. The first-order chi connectivity index (χ1) is 10.4. The van der Waals surface area contributed by atoms with Gasteiger partial charge in [0, 0.05) is 0 Å². The quantitative estimate of drug-likeness (QED) is 0.747. The Morgan fingerprint density at radius 1 is 1.30 bits per heavy atom. The second-order valence-corrected chi connectivity index (χ2v) is 7.15. The van der Waals surface area contributed by atoms with Gasteiger partial charge in [-0.1, -0.05) is 0 Å². The molecular formula is C13H18FN3O5S. The SMILES string of the molecule is CC(C)(C)OC(=O)NCC(=O)Nc1ccc(S(N)(=O)=O)cc1F. The third-order valence-corrected chi connectivity index (χ3v) is 3.25. The van der Waals surface area contributed by atoms with Crippen molar-refractivity contribution in [3.8, 4) is 0 Å². The number of hydrogen-bond donors (Lipinski definition) is 3. The highest BCUT2D eigenvalue weighted by Crippen LogP contribution is 2.18. The maximum atomic E-state index is 13.7. The van der Waals surface area contributed by atoms with Crippen LogP contribution >= 0.6 is 0 Å². The van der Waals surface area contributed by atoms with Gasteiger partial charge in [-0.15, -0.1) is 0 Å². The Bertz CT molecular complexity index is 713. The molecular weight excluding hydrogens is 329 g/mol. The van der Waals surface area contributed by atoms with E-state index < -0.39 is 44.9 Å². The number of benzene rings is 1. The number of nitrogens with one attached hydrogen (secondary N) is 2. The molecule has 0 unspecified atom stereocenters. The van der Waals surface area contributed by atoms with Gasteiger partial charge in [-0.3, -0.25) is 4.79 Å².